The monoisotopic (exact) mass is 390 g/mol. The number of rotatable bonds is 20. The number of hydrogen-bond donors (Lipinski definition) is 1. The Morgan fingerprint density at radius 2 is 1.04 bits per heavy atom. The third-order valence-electron chi connectivity index (χ3n) is 4.90. The van der Waals surface area contributed by atoms with Crippen molar-refractivity contribution in [2.45, 2.75) is 124 Å². The van der Waals surface area contributed by atoms with Crippen molar-refractivity contribution >= 4 is 7.60 Å². The molecular weight excluding hydrogens is 343 g/mol. The smallest absolute Gasteiger partial charge is 0.324 e. The molecule has 0 fully saturated rings. The van der Waals surface area contributed by atoms with E-state index in [2.05, 4.69) is 6.92 Å². The van der Waals surface area contributed by atoms with Crippen LogP contribution in [-0.2, 0) is 9.09 Å². The highest BCUT2D eigenvalue weighted by Gasteiger charge is 2.18. The van der Waals surface area contributed by atoms with Crippen LogP contribution in [0.1, 0.15) is 124 Å². The van der Waals surface area contributed by atoms with Crippen LogP contribution >= 0.6 is 7.60 Å². The van der Waals surface area contributed by atoms with E-state index in [0.717, 1.165) is 12.8 Å². The zero-order valence-electron chi connectivity index (χ0n) is 18.0. The summed E-state index contributed by atoms with van der Waals surface area (Å²) in [7, 11) is -3.33. The average Bonchev–Trinajstić information content (AvgIpc) is 2.60. The van der Waals surface area contributed by atoms with Crippen molar-refractivity contribution in [2.75, 3.05) is 12.8 Å². The largest absolute Gasteiger partial charge is 0.328 e. The van der Waals surface area contributed by atoms with Gasteiger partial charge in [-0.2, -0.15) is 0 Å². The molecule has 26 heavy (non-hydrogen) atoms. The molecule has 1 N–H and O–H groups in total. The van der Waals surface area contributed by atoms with Gasteiger partial charge in [-0.25, -0.2) is 0 Å². The second kappa shape index (κ2) is 18.5. The van der Waals surface area contributed by atoms with Gasteiger partial charge in [-0.1, -0.05) is 117 Å². The Kier molecular flexibility index (Phi) is 18.6. The van der Waals surface area contributed by atoms with Crippen LogP contribution in [0.25, 0.3) is 0 Å². The van der Waals surface area contributed by atoms with Crippen molar-refractivity contribution < 1.29 is 14.0 Å². The Morgan fingerprint density at radius 1 is 0.692 bits per heavy atom. The van der Waals surface area contributed by atoms with Crippen LogP contribution in [0.2, 0.25) is 0 Å². The second-order valence-electron chi connectivity index (χ2n) is 8.35. The first-order valence-corrected chi connectivity index (χ1v) is 13.2. The molecule has 0 aliphatic carbocycles. The van der Waals surface area contributed by atoms with Crippen LogP contribution in [0.5, 0.6) is 0 Å². The average molecular weight is 391 g/mol. The van der Waals surface area contributed by atoms with Gasteiger partial charge in [0.25, 0.3) is 0 Å². The normalized spacial score (nSPS) is 14.0. The van der Waals surface area contributed by atoms with Gasteiger partial charge in [-0.15, -0.1) is 0 Å². The molecule has 0 heterocycles. The van der Waals surface area contributed by atoms with Gasteiger partial charge < -0.3 is 9.42 Å². The fourth-order valence-electron chi connectivity index (χ4n) is 3.19. The van der Waals surface area contributed by atoms with Crippen LogP contribution in [-0.4, -0.2) is 17.7 Å². The van der Waals surface area contributed by atoms with E-state index in [0.29, 0.717) is 18.7 Å². The van der Waals surface area contributed by atoms with Gasteiger partial charge in [0.15, 0.2) is 0 Å². The summed E-state index contributed by atoms with van der Waals surface area (Å²) >= 11 is 0. The predicted molar refractivity (Wildman–Crippen MR) is 115 cm³/mol. The Bertz CT molecular complexity index is 331. The van der Waals surface area contributed by atoms with Crippen molar-refractivity contribution in [3.05, 3.63) is 0 Å². The zero-order chi connectivity index (χ0) is 19.5. The maximum absolute atomic E-state index is 11.8. The van der Waals surface area contributed by atoms with E-state index in [9.17, 15) is 9.46 Å². The standard InChI is InChI=1S/C22H47O3P/c1-4-5-6-7-8-9-10-11-12-13-14-15-16-17-18-19-20-26(23,24)25-21-22(2)3/h22H,4-21H2,1-3H3,(H,23,24). The molecule has 0 aliphatic rings. The molecule has 0 bridgehead atoms. The van der Waals surface area contributed by atoms with Gasteiger partial charge >= 0.3 is 7.60 Å². The van der Waals surface area contributed by atoms with Crippen LogP contribution in [0.4, 0.5) is 0 Å². The molecule has 0 rings (SSSR count). The molecule has 1 unspecified atom stereocenters. The van der Waals surface area contributed by atoms with Crippen molar-refractivity contribution in [1.82, 2.24) is 0 Å². The van der Waals surface area contributed by atoms with Crippen LogP contribution in [0, 0.1) is 5.92 Å². The fourth-order valence-corrected chi connectivity index (χ4v) is 4.47. The first kappa shape index (κ1) is 26.1. The molecule has 0 aromatic rings. The van der Waals surface area contributed by atoms with E-state index in [1.165, 1.54) is 89.9 Å². The molecule has 0 radical (unpaired) electrons. The van der Waals surface area contributed by atoms with E-state index in [1.807, 2.05) is 13.8 Å². The fraction of sp³-hybridized carbons (Fsp3) is 1.00. The Balaban J connectivity index is 3.21. The summed E-state index contributed by atoms with van der Waals surface area (Å²) in [5.74, 6) is 0.307. The van der Waals surface area contributed by atoms with Gasteiger partial charge in [0, 0.05) is 6.16 Å². The minimum atomic E-state index is -3.33. The van der Waals surface area contributed by atoms with E-state index in [1.54, 1.807) is 0 Å². The zero-order valence-corrected chi connectivity index (χ0v) is 18.9. The van der Waals surface area contributed by atoms with Crippen molar-refractivity contribution in [2.24, 2.45) is 5.92 Å². The first-order valence-electron chi connectivity index (χ1n) is 11.4. The maximum Gasteiger partial charge on any atom is 0.328 e. The molecular formula is C22H47O3P. The van der Waals surface area contributed by atoms with Crippen LogP contribution in [0.3, 0.4) is 0 Å². The quantitative estimate of drug-likeness (QED) is 0.169. The molecule has 0 aromatic heterocycles. The first-order chi connectivity index (χ1) is 12.5. The molecule has 3 nitrogen and oxygen atoms in total. The van der Waals surface area contributed by atoms with Gasteiger partial charge in [-0.05, 0) is 12.3 Å². The van der Waals surface area contributed by atoms with Crippen molar-refractivity contribution in [3.8, 4) is 0 Å². The molecule has 0 spiro atoms. The topological polar surface area (TPSA) is 46.5 Å². The molecule has 0 aromatic carbocycles. The number of hydrogen-bond acceptors (Lipinski definition) is 2. The summed E-state index contributed by atoms with van der Waals surface area (Å²) in [4.78, 5) is 9.71. The van der Waals surface area contributed by atoms with Gasteiger partial charge in [0.1, 0.15) is 0 Å². The van der Waals surface area contributed by atoms with Crippen molar-refractivity contribution in [3.63, 3.8) is 0 Å². The Morgan fingerprint density at radius 3 is 1.38 bits per heavy atom. The molecule has 0 aliphatic heterocycles. The summed E-state index contributed by atoms with van der Waals surface area (Å²) in [5.41, 5.74) is 0. The van der Waals surface area contributed by atoms with E-state index < -0.39 is 7.60 Å². The minimum Gasteiger partial charge on any atom is -0.324 e. The Labute approximate surface area is 164 Å². The minimum absolute atomic E-state index is 0.307. The van der Waals surface area contributed by atoms with Gasteiger partial charge in [0.05, 0.1) is 6.61 Å². The predicted octanol–water partition coefficient (Wildman–Crippen LogP) is 8.11. The van der Waals surface area contributed by atoms with Crippen LogP contribution < -0.4 is 0 Å². The maximum atomic E-state index is 11.8. The molecule has 0 saturated heterocycles. The highest BCUT2D eigenvalue weighted by Crippen LogP contribution is 2.43. The highest BCUT2D eigenvalue weighted by atomic mass is 31.2. The summed E-state index contributed by atoms with van der Waals surface area (Å²) in [5, 5.41) is 0. The van der Waals surface area contributed by atoms with E-state index in [-0.39, 0.29) is 0 Å². The lowest BCUT2D eigenvalue weighted by atomic mass is 10.0. The number of unbranched alkanes of at least 4 members (excludes halogenated alkanes) is 15. The molecule has 1 atom stereocenters. The third-order valence-corrected chi connectivity index (χ3v) is 6.34. The summed E-state index contributed by atoms with van der Waals surface area (Å²) < 4.78 is 16.9. The SMILES string of the molecule is CCCCCCCCCCCCCCCCCCP(=O)(O)OCC(C)C. The lowest BCUT2D eigenvalue weighted by Gasteiger charge is -2.13. The van der Waals surface area contributed by atoms with Crippen LogP contribution in [0.15, 0.2) is 0 Å². The lowest BCUT2D eigenvalue weighted by Crippen LogP contribution is -2.02. The van der Waals surface area contributed by atoms with Gasteiger partial charge in [0.2, 0.25) is 0 Å². The highest BCUT2D eigenvalue weighted by molar-refractivity contribution is 7.52. The van der Waals surface area contributed by atoms with Crippen molar-refractivity contribution in [1.29, 1.82) is 0 Å². The van der Waals surface area contributed by atoms with E-state index >= 15 is 0 Å². The molecule has 158 valence electrons. The molecule has 0 amide bonds. The summed E-state index contributed by atoms with van der Waals surface area (Å²) in [6.07, 6.45) is 21.4. The summed E-state index contributed by atoms with van der Waals surface area (Å²) in [6, 6.07) is 0. The summed E-state index contributed by atoms with van der Waals surface area (Å²) in [6.45, 7) is 6.65. The van der Waals surface area contributed by atoms with Gasteiger partial charge in [-0.3, -0.25) is 4.57 Å². The Hall–Kier alpha value is 0.150. The van der Waals surface area contributed by atoms with E-state index in [4.69, 9.17) is 4.52 Å². The third kappa shape index (κ3) is 20.5. The lowest BCUT2D eigenvalue weighted by molar-refractivity contribution is 0.229. The molecule has 4 heteroatoms. The second-order valence-corrected chi connectivity index (χ2v) is 10.3. The molecule has 0 saturated carbocycles.